The lowest BCUT2D eigenvalue weighted by Gasteiger charge is -2.33. The van der Waals surface area contributed by atoms with Crippen molar-refractivity contribution < 1.29 is 14.6 Å². The van der Waals surface area contributed by atoms with E-state index in [1.165, 1.54) is 0 Å². The quantitative estimate of drug-likeness (QED) is 0.663. The molecule has 1 heterocycles. The number of carbonyl (C=O) groups is 1. The Morgan fingerprint density at radius 3 is 2.95 bits per heavy atom. The van der Waals surface area contributed by atoms with Gasteiger partial charge in [-0.1, -0.05) is 13.8 Å². The number of hydrogen-bond acceptors (Lipinski definition) is 4. The largest absolute Gasteiger partial charge is 0.480 e. The van der Waals surface area contributed by atoms with E-state index in [1.807, 2.05) is 6.92 Å². The second-order valence-electron chi connectivity index (χ2n) is 5.17. The first-order valence-electron chi connectivity index (χ1n) is 7.47. The van der Waals surface area contributed by atoms with Gasteiger partial charge in [0.25, 0.3) is 0 Å². The van der Waals surface area contributed by atoms with Crippen LogP contribution in [0.25, 0.3) is 0 Å². The molecule has 0 bridgehead atoms. The van der Waals surface area contributed by atoms with E-state index >= 15 is 0 Å². The van der Waals surface area contributed by atoms with Crippen LogP contribution >= 0.6 is 0 Å². The minimum Gasteiger partial charge on any atom is -0.480 e. The van der Waals surface area contributed by atoms with Crippen LogP contribution in [0, 0.1) is 0 Å². The molecule has 1 rings (SSSR count). The zero-order valence-corrected chi connectivity index (χ0v) is 12.2. The monoisotopic (exact) mass is 272 g/mol. The Bertz CT molecular complexity index is 261. The molecule has 0 saturated carbocycles. The molecule has 2 atom stereocenters. The average molecular weight is 272 g/mol. The summed E-state index contributed by atoms with van der Waals surface area (Å²) in [6.07, 6.45) is 4.32. The highest BCUT2D eigenvalue weighted by molar-refractivity contribution is 5.73. The first-order valence-corrected chi connectivity index (χ1v) is 7.47. The summed E-state index contributed by atoms with van der Waals surface area (Å²) in [6, 6.07) is -0.429. The average Bonchev–Trinajstić information content (AvgIpc) is 2.41. The van der Waals surface area contributed by atoms with Gasteiger partial charge in [-0.15, -0.1) is 0 Å². The van der Waals surface area contributed by atoms with E-state index in [-0.39, 0.29) is 0 Å². The number of aliphatic carboxylic acids is 1. The van der Waals surface area contributed by atoms with Gasteiger partial charge in [-0.25, -0.2) is 0 Å². The third-order valence-electron chi connectivity index (χ3n) is 3.50. The summed E-state index contributed by atoms with van der Waals surface area (Å²) in [5.74, 6) is -0.752. The number of nitrogens with one attached hydrogen (secondary N) is 1. The van der Waals surface area contributed by atoms with E-state index in [1.54, 1.807) is 0 Å². The molecule has 0 amide bonds. The van der Waals surface area contributed by atoms with Gasteiger partial charge < -0.3 is 20.1 Å². The summed E-state index contributed by atoms with van der Waals surface area (Å²) in [6.45, 7) is 8.41. The Balaban J connectivity index is 2.29. The van der Waals surface area contributed by atoms with Crippen molar-refractivity contribution >= 4 is 5.97 Å². The number of likely N-dealkylation sites (tertiary alicyclic amines) is 1. The molecular formula is C14H28N2O3. The lowest BCUT2D eigenvalue weighted by atomic mass is 10.1. The SMILES string of the molecule is CCCOC1CCCN(CCC(NCC)C(=O)O)C1. The Hall–Kier alpha value is -0.650. The van der Waals surface area contributed by atoms with Gasteiger partial charge in [0, 0.05) is 19.7 Å². The molecule has 112 valence electrons. The van der Waals surface area contributed by atoms with Crippen molar-refractivity contribution in [1.29, 1.82) is 0 Å². The summed E-state index contributed by atoms with van der Waals surface area (Å²) in [4.78, 5) is 13.4. The number of rotatable bonds is 9. The number of carboxylic acid groups (broad SMARTS) is 1. The van der Waals surface area contributed by atoms with Gasteiger partial charge in [0.1, 0.15) is 6.04 Å². The Morgan fingerprint density at radius 1 is 1.53 bits per heavy atom. The minimum absolute atomic E-state index is 0.330. The number of carboxylic acids is 1. The van der Waals surface area contributed by atoms with Gasteiger partial charge in [-0.05, 0) is 38.8 Å². The first-order chi connectivity index (χ1) is 9.17. The maximum atomic E-state index is 11.1. The van der Waals surface area contributed by atoms with Crippen molar-refractivity contribution in [1.82, 2.24) is 10.2 Å². The van der Waals surface area contributed by atoms with Crippen LogP contribution in [-0.4, -0.2) is 60.9 Å². The molecule has 1 fully saturated rings. The van der Waals surface area contributed by atoms with Gasteiger partial charge in [0.2, 0.25) is 0 Å². The molecule has 2 unspecified atom stereocenters. The highest BCUT2D eigenvalue weighted by Gasteiger charge is 2.22. The van der Waals surface area contributed by atoms with E-state index in [2.05, 4.69) is 17.1 Å². The van der Waals surface area contributed by atoms with Crippen LogP contribution in [0.5, 0.6) is 0 Å². The molecule has 5 heteroatoms. The predicted octanol–water partition coefficient (Wildman–Crippen LogP) is 1.33. The van der Waals surface area contributed by atoms with E-state index in [0.29, 0.717) is 19.1 Å². The number of likely N-dealkylation sites (N-methyl/N-ethyl adjacent to an activating group) is 1. The van der Waals surface area contributed by atoms with E-state index < -0.39 is 12.0 Å². The number of piperidine rings is 1. The van der Waals surface area contributed by atoms with Crippen LogP contribution in [0.3, 0.4) is 0 Å². The number of nitrogens with zero attached hydrogens (tertiary/aromatic N) is 1. The second kappa shape index (κ2) is 9.28. The number of hydrogen-bond donors (Lipinski definition) is 2. The van der Waals surface area contributed by atoms with E-state index in [4.69, 9.17) is 9.84 Å². The Kier molecular flexibility index (Phi) is 8.02. The molecule has 1 saturated heterocycles. The number of ether oxygens (including phenoxy) is 1. The van der Waals surface area contributed by atoms with Crippen LogP contribution in [0.4, 0.5) is 0 Å². The molecule has 0 aromatic rings. The molecule has 0 spiro atoms. The standard InChI is InChI=1S/C14H28N2O3/c1-3-10-19-12-6-5-8-16(11-12)9-7-13(14(17)18)15-4-2/h12-13,15H,3-11H2,1-2H3,(H,17,18). The fraction of sp³-hybridized carbons (Fsp3) is 0.929. The molecule has 0 aromatic heterocycles. The molecule has 5 nitrogen and oxygen atoms in total. The van der Waals surface area contributed by atoms with E-state index in [0.717, 1.165) is 45.5 Å². The van der Waals surface area contributed by atoms with Gasteiger partial charge in [0.15, 0.2) is 0 Å². The smallest absolute Gasteiger partial charge is 0.320 e. The predicted molar refractivity (Wildman–Crippen MR) is 75.4 cm³/mol. The summed E-state index contributed by atoms with van der Waals surface area (Å²) >= 11 is 0. The van der Waals surface area contributed by atoms with Crippen molar-refractivity contribution in [2.75, 3.05) is 32.8 Å². The summed E-state index contributed by atoms with van der Waals surface area (Å²) in [7, 11) is 0. The summed E-state index contributed by atoms with van der Waals surface area (Å²) in [5.41, 5.74) is 0. The highest BCUT2D eigenvalue weighted by atomic mass is 16.5. The van der Waals surface area contributed by atoms with Crippen LogP contribution in [0.15, 0.2) is 0 Å². The third-order valence-corrected chi connectivity index (χ3v) is 3.50. The van der Waals surface area contributed by atoms with Crippen molar-refractivity contribution in [2.24, 2.45) is 0 Å². The lowest BCUT2D eigenvalue weighted by molar-refractivity contribution is -0.139. The lowest BCUT2D eigenvalue weighted by Crippen LogP contribution is -2.44. The maximum absolute atomic E-state index is 11.1. The van der Waals surface area contributed by atoms with Crippen molar-refractivity contribution in [3.8, 4) is 0 Å². The molecule has 1 aliphatic heterocycles. The van der Waals surface area contributed by atoms with Crippen LogP contribution in [0.1, 0.15) is 39.5 Å². The minimum atomic E-state index is -0.752. The zero-order valence-electron chi connectivity index (χ0n) is 12.2. The van der Waals surface area contributed by atoms with E-state index in [9.17, 15) is 4.79 Å². The van der Waals surface area contributed by atoms with Crippen molar-refractivity contribution in [3.05, 3.63) is 0 Å². The topological polar surface area (TPSA) is 61.8 Å². The van der Waals surface area contributed by atoms with Gasteiger partial charge in [0.05, 0.1) is 6.10 Å². The highest BCUT2D eigenvalue weighted by Crippen LogP contribution is 2.14. The summed E-state index contributed by atoms with van der Waals surface area (Å²) < 4.78 is 5.79. The molecule has 19 heavy (non-hydrogen) atoms. The molecule has 0 aromatic carbocycles. The van der Waals surface area contributed by atoms with Crippen molar-refractivity contribution in [3.63, 3.8) is 0 Å². The second-order valence-corrected chi connectivity index (χ2v) is 5.17. The molecular weight excluding hydrogens is 244 g/mol. The summed E-state index contributed by atoms with van der Waals surface area (Å²) in [5, 5.41) is 12.1. The maximum Gasteiger partial charge on any atom is 0.320 e. The molecule has 0 radical (unpaired) electrons. The van der Waals surface area contributed by atoms with Gasteiger partial charge >= 0.3 is 5.97 Å². The van der Waals surface area contributed by atoms with Gasteiger partial charge in [-0.3, -0.25) is 4.79 Å². The Labute approximate surface area is 116 Å². The Morgan fingerprint density at radius 2 is 2.32 bits per heavy atom. The van der Waals surface area contributed by atoms with Crippen molar-refractivity contribution in [2.45, 2.75) is 51.7 Å². The molecule has 1 aliphatic rings. The fourth-order valence-electron chi connectivity index (χ4n) is 2.51. The normalized spacial score (nSPS) is 22.3. The van der Waals surface area contributed by atoms with Crippen LogP contribution < -0.4 is 5.32 Å². The third kappa shape index (κ3) is 6.36. The van der Waals surface area contributed by atoms with Gasteiger partial charge in [-0.2, -0.15) is 0 Å². The zero-order chi connectivity index (χ0) is 14.1. The molecule has 0 aliphatic carbocycles. The molecule has 2 N–H and O–H groups in total. The first kappa shape index (κ1) is 16.4. The fourth-order valence-corrected chi connectivity index (χ4v) is 2.51. The van der Waals surface area contributed by atoms with Crippen LogP contribution in [0.2, 0.25) is 0 Å². The van der Waals surface area contributed by atoms with Crippen LogP contribution in [-0.2, 0) is 9.53 Å².